The monoisotopic (exact) mass is 260 g/mol. The second kappa shape index (κ2) is 5.60. The van der Waals surface area contributed by atoms with Crippen LogP contribution < -0.4 is 0 Å². The fraction of sp³-hybridized carbons (Fsp3) is 0.556. The van der Waals surface area contributed by atoms with Gasteiger partial charge in [-0.15, -0.1) is 11.8 Å². The zero-order valence-corrected chi connectivity index (χ0v) is 10.3. The molecule has 0 saturated heterocycles. The maximum absolute atomic E-state index is 4.43. The topological polar surface area (TPSA) is 25.8 Å². The molecule has 1 rings (SSSR count). The van der Waals surface area contributed by atoms with E-state index in [1.165, 1.54) is 0 Å². The van der Waals surface area contributed by atoms with Crippen LogP contribution in [-0.4, -0.2) is 15.7 Å². The summed E-state index contributed by atoms with van der Waals surface area (Å²) in [6.07, 6.45) is 2.05. The van der Waals surface area contributed by atoms with Crippen molar-refractivity contribution in [3.8, 4) is 0 Å². The normalized spacial score (nSPS) is 10.4. The van der Waals surface area contributed by atoms with Gasteiger partial charge in [-0.3, -0.25) is 0 Å². The summed E-state index contributed by atoms with van der Waals surface area (Å²) in [5, 5.41) is 1.06. The lowest BCUT2D eigenvalue weighted by Gasteiger charge is -2.02. The highest BCUT2D eigenvalue weighted by atomic mass is 79.9. The van der Waals surface area contributed by atoms with Gasteiger partial charge in [-0.05, 0) is 28.1 Å². The fourth-order valence-corrected chi connectivity index (χ4v) is 2.23. The smallest absolute Gasteiger partial charge is 0.130 e. The van der Waals surface area contributed by atoms with Crippen LogP contribution in [0.4, 0.5) is 0 Å². The minimum atomic E-state index is 0.891. The first-order valence-corrected chi connectivity index (χ1v) is 6.20. The molecule has 0 aromatic carbocycles. The van der Waals surface area contributed by atoms with Gasteiger partial charge in [0.05, 0.1) is 0 Å². The molecule has 0 aliphatic heterocycles. The van der Waals surface area contributed by atoms with E-state index in [1.807, 2.05) is 6.07 Å². The third-order valence-corrected chi connectivity index (χ3v) is 2.68. The Morgan fingerprint density at radius 1 is 1.38 bits per heavy atom. The molecule has 0 N–H and O–H groups in total. The van der Waals surface area contributed by atoms with E-state index < -0.39 is 0 Å². The number of hydrogen-bond donors (Lipinski definition) is 0. The Hall–Kier alpha value is -0.0900. The molecule has 0 unspecified atom stereocenters. The standard InChI is InChI=1S/C9H13BrN2S/c1-3-5-8-11-7(10)6-9(12-8)13-4-2/h6H,3-5H2,1-2H3. The Morgan fingerprint density at radius 3 is 2.77 bits per heavy atom. The van der Waals surface area contributed by atoms with E-state index in [4.69, 9.17) is 0 Å². The Balaban J connectivity index is 2.83. The Kier molecular flexibility index (Phi) is 4.73. The van der Waals surface area contributed by atoms with Gasteiger partial charge < -0.3 is 0 Å². The average Bonchev–Trinajstić information content (AvgIpc) is 2.04. The number of halogens is 1. The van der Waals surface area contributed by atoms with E-state index in [0.717, 1.165) is 34.0 Å². The van der Waals surface area contributed by atoms with Gasteiger partial charge in [-0.25, -0.2) is 9.97 Å². The van der Waals surface area contributed by atoms with Crippen LogP contribution in [0.5, 0.6) is 0 Å². The maximum Gasteiger partial charge on any atom is 0.130 e. The predicted molar refractivity (Wildman–Crippen MR) is 60.1 cm³/mol. The van der Waals surface area contributed by atoms with Crippen molar-refractivity contribution in [2.75, 3.05) is 5.75 Å². The fourth-order valence-electron chi connectivity index (χ4n) is 0.999. The molecule has 0 saturated carbocycles. The van der Waals surface area contributed by atoms with E-state index in [9.17, 15) is 0 Å². The molecule has 72 valence electrons. The first-order valence-electron chi connectivity index (χ1n) is 4.42. The lowest BCUT2D eigenvalue weighted by atomic mass is 10.3. The molecule has 0 aliphatic carbocycles. The summed E-state index contributed by atoms with van der Waals surface area (Å²) in [5.74, 6) is 1.99. The molecule has 0 bridgehead atoms. The van der Waals surface area contributed by atoms with Gasteiger partial charge in [0.15, 0.2) is 0 Å². The molecule has 1 aromatic heterocycles. The van der Waals surface area contributed by atoms with E-state index in [2.05, 4.69) is 39.7 Å². The average molecular weight is 261 g/mol. The van der Waals surface area contributed by atoms with Crippen molar-refractivity contribution in [3.05, 3.63) is 16.5 Å². The predicted octanol–water partition coefficient (Wildman–Crippen LogP) is 3.30. The van der Waals surface area contributed by atoms with Gasteiger partial charge in [0.25, 0.3) is 0 Å². The van der Waals surface area contributed by atoms with Crippen LogP contribution in [0, 0.1) is 0 Å². The van der Waals surface area contributed by atoms with Crippen molar-refractivity contribution >= 4 is 27.7 Å². The third-order valence-electron chi connectivity index (χ3n) is 1.48. The zero-order chi connectivity index (χ0) is 9.68. The molecule has 0 amide bonds. The first-order chi connectivity index (χ1) is 6.26. The second-order valence-electron chi connectivity index (χ2n) is 2.63. The summed E-state index contributed by atoms with van der Waals surface area (Å²) in [6, 6.07) is 1.97. The summed E-state index contributed by atoms with van der Waals surface area (Å²) in [7, 11) is 0. The van der Waals surface area contributed by atoms with Crippen molar-refractivity contribution < 1.29 is 0 Å². The van der Waals surface area contributed by atoms with Gasteiger partial charge in [-0.1, -0.05) is 13.8 Å². The van der Waals surface area contributed by atoms with Crippen molar-refractivity contribution in [3.63, 3.8) is 0 Å². The highest BCUT2D eigenvalue weighted by Crippen LogP contribution is 2.18. The molecule has 0 atom stereocenters. The Bertz CT molecular complexity index is 254. The minimum absolute atomic E-state index is 0.891. The van der Waals surface area contributed by atoms with E-state index in [0.29, 0.717) is 0 Å². The van der Waals surface area contributed by atoms with Crippen LogP contribution >= 0.6 is 27.7 Å². The molecule has 0 fully saturated rings. The number of hydrogen-bond acceptors (Lipinski definition) is 3. The summed E-state index contributed by atoms with van der Waals surface area (Å²) in [6.45, 7) is 4.26. The Labute approximate surface area is 91.7 Å². The van der Waals surface area contributed by atoms with Crippen LogP contribution in [0.15, 0.2) is 15.7 Å². The lowest BCUT2D eigenvalue weighted by molar-refractivity contribution is 0.803. The Morgan fingerprint density at radius 2 is 2.15 bits per heavy atom. The van der Waals surface area contributed by atoms with Crippen LogP contribution in [0.2, 0.25) is 0 Å². The third kappa shape index (κ3) is 3.65. The van der Waals surface area contributed by atoms with Crippen molar-refractivity contribution in [2.45, 2.75) is 31.7 Å². The lowest BCUT2D eigenvalue weighted by Crippen LogP contribution is -1.96. The van der Waals surface area contributed by atoms with E-state index >= 15 is 0 Å². The molecule has 0 spiro atoms. The number of rotatable bonds is 4. The quantitative estimate of drug-likeness (QED) is 0.614. The SMILES string of the molecule is CCCc1nc(Br)cc(SCC)n1. The van der Waals surface area contributed by atoms with Gasteiger partial charge in [0, 0.05) is 12.5 Å². The van der Waals surface area contributed by atoms with Gasteiger partial charge in [-0.2, -0.15) is 0 Å². The summed E-state index contributed by atoms with van der Waals surface area (Å²) in [4.78, 5) is 8.73. The summed E-state index contributed by atoms with van der Waals surface area (Å²) >= 11 is 5.14. The number of thioether (sulfide) groups is 1. The van der Waals surface area contributed by atoms with Crippen LogP contribution in [0.3, 0.4) is 0 Å². The maximum atomic E-state index is 4.43. The highest BCUT2D eigenvalue weighted by molar-refractivity contribution is 9.10. The number of aromatic nitrogens is 2. The number of aryl methyl sites for hydroxylation is 1. The van der Waals surface area contributed by atoms with Crippen molar-refractivity contribution in [2.24, 2.45) is 0 Å². The van der Waals surface area contributed by atoms with Crippen molar-refractivity contribution in [1.29, 1.82) is 0 Å². The largest absolute Gasteiger partial charge is 0.227 e. The minimum Gasteiger partial charge on any atom is -0.227 e. The second-order valence-corrected chi connectivity index (χ2v) is 4.72. The number of nitrogens with zero attached hydrogens (tertiary/aromatic N) is 2. The summed E-state index contributed by atoms with van der Waals surface area (Å²) < 4.78 is 0.891. The molecule has 0 aliphatic rings. The van der Waals surface area contributed by atoms with Crippen LogP contribution in [0.1, 0.15) is 26.1 Å². The van der Waals surface area contributed by atoms with Gasteiger partial charge in [0.1, 0.15) is 15.5 Å². The van der Waals surface area contributed by atoms with Crippen molar-refractivity contribution in [1.82, 2.24) is 9.97 Å². The van der Waals surface area contributed by atoms with Crippen LogP contribution in [-0.2, 0) is 6.42 Å². The molecular formula is C9H13BrN2S. The molecular weight excluding hydrogens is 248 g/mol. The molecule has 1 heterocycles. The van der Waals surface area contributed by atoms with E-state index in [1.54, 1.807) is 11.8 Å². The van der Waals surface area contributed by atoms with Gasteiger partial charge in [0.2, 0.25) is 0 Å². The van der Waals surface area contributed by atoms with E-state index in [-0.39, 0.29) is 0 Å². The molecule has 4 heteroatoms. The molecule has 1 aromatic rings. The summed E-state index contributed by atoms with van der Waals surface area (Å²) in [5.41, 5.74) is 0. The van der Waals surface area contributed by atoms with Gasteiger partial charge >= 0.3 is 0 Å². The van der Waals surface area contributed by atoms with Crippen LogP contribution in [0.25, 0.3) is 0 Å². The zero-order valence-electron chi connectivity index (χ0n) is 7.88. The molecule has 13 heavy (non-hydrogen) atoms. The molecule has 2 nitrogen and oxygen atoms in total. The first kappa shape index (κ1) is 11.0. The molecule has 0 radical (unpaired) electrons. The highest BCUT2D eigenvalue weighted by Gasteiger charge is 2.01.